The predicted molar refractivity (Wildman–Crippen MR) is 81.9 cm³/mol. The Hall–Kier alpha value is -1.85. The zero-order chi connectivity index (χ0) is 15.4. The highest BCUT2D eigenvalue weighted by molar-refractivity contribution is 9.10. The van der Waals surface area contributed by atoms with Crippen LogP contribution < -0.4 is 4.74 Å². The minimum absolute atomic E-state index is 0.0182. The van der Waals surface area contributed by atoms with Crippen molar-refractivity contribution >= 4 is 39.5 Å². The molecule has 0 bridgehead atoms. The molecule has 0 amide bonds. The lowest BCUT2D eigenvalue weighted by atomic mass is 10.1. The van der Waals surface area contributed by atoms with Gasteiger partial charge in [0, 0.05) is 9.50 Å². The molecule has 0 radical (unpaired) electrons. The molecule has 1 N–H and O–H groups in total. The average molecular weight is 370 g/mol. The Morgan fingerprint density at radius 3 is 2.43 bits per heavy atom. The Morgan fingerprint density at radius 2 is 1.81 bits per heavy atom. The molecule has 2 rings (SSSR count). The highest BCUT2D eigenvalue weighted by atomic mass is 79.9. The van der Waals surface area contributed by atoms with Crippen molar-refractivity contribution < 1.29 is 19.4 Å². The topological polar surface area (TPSA) is 63.6 Å². The lowest BCUT2D eigenvalue weighted by Gasteiger charge is -2.08. The highest BCUT2D eigenvalue weighted by Gasteiger charge is 2.15. The van der Waals surface area contributed by atoms with Crippen LogP contribution in [0.2, 0.25) is 5.02 Å². The number of rotatable bonds is 4. The summed E-state index contributed by atoms with van der Waals surface area (Å²) in [5.41, 5.74) is 0.659. The van der Waals surface area contributed by atoms with Crippen LogP contribution in [0, 0.1) is 0 Å². The largest absolute Gasteiger partial charge is 0.478 e. The van der Waals surface area contributed by atoms with Gasteiger partial charge in [-0.2, -0.15) is 0 Å². The van der Waals surface area contributed by atoms with Crippen LogP contribution in [0.25, 0.3) is 0 Å². The molecule has 6 heteroatoms. The minimum atomic E-state index is -1.16. The first-order chi connectivity index (χ1) is 9.95. The van der Waals surface area contributed by atoms with E-state index in [4.69, 9.17) is 21.4 Å². The van der Waals surface area contributed by atoms with Crippen LogP contribution in [-0.4, -0.2) is 17.0 Å². The number of hydrogen-bond acceptors (Lipinski definition) is 3. The third-order valence-electron chi connectivity index (χ3n) is 2.66. The van der Waals surface area contributed by atoms with Crippen LogP contribution in [0.4, 0.5) is 0 Å². The van der Waals surface area contributed by atoms with Crippen molar-refractivity contribution in [3.63, 3.8) is 0 Å². The van der Waals surface area contributed by atoms with E-state index in [-0.39, 0.29) is 17.7 Å². The van der Waals surface area contributed by atoms with Gasteiger partial charge in [-0.3, -0.25) is 4.79 Å². The number of carbonyl (C=O) groups excluding carboxylic acids is 1. The summed E-state index contributed by atoms with van der Waals surface area (Å²) in [7, 11) is 0. The second-order valence-corrected chi connectivity index (χ2v) is 5.58. The van der Waals surface area contributed by atoms with Crippen molar-refractivity contribution in [1.82, 2.24) is 0 Å². The summed E-state index contributed by atoms with van der Waals surface area (Å²) in [4.78, 5) is 23.0. The Kier molecular flexibility index (Phi) is 4.98. The summed E-state index contributed by atoms with van der Waals surface area (Å²) in [6.07, 6.45) is 0.0340. The summed E-state index contributed by atoms with van der Waals surface area (Å²) in [6.45, 7) is 0. The second-order valence-electron chi connectivity index (χ2n) is 4.22. The summed E-state index contributed by atoms with van der Waals surface area (Å²) < 4.78 is 5.72. The van der Waals surface area contributed by atoms with E-state index in [1.165, 1.54) is 12.1 Å². The summed E-state index contributed by atoms with van der Waals surface area (Å²) >= 11 is 8.94. The summed E-state index contributed by atoms with van der Waals surface area (Å²) in [5, 5.41) is 9.67. The maximum atomic E-state index is 11.9. The Balaban J connectivity index is 2.12. The standard InChI is InChI=1S/C15H10BrClO4/c16-10-3-6-13(12(8-10)15(19)20)21-14(18)7-9-1-4-11(17)5-2-9/h1-6,8H,7H2,(H,19,20). The fourth-order valence-corrected chi connectivity index (χ4v) is 2.17. The lowest BCUT2D eigenvalue weighted by Crippen LogP contribution is -2.13. The molecule has 0 aromatic heterocycles. The number of carboxylic acids is 1. The van der Waals surface area contributed by atoms with Gasteiger partial charge in [0.15, 0.2) is 0 Å². The van der Waals surface area contributed by atoms with Gasteiger partial charge >= 0.3 is 11.9 Å². The fraction of sp³-hybridized carbons (Fsp3) is 0.0667. The molecule has 2 aromatic rings. The molecule has 2 aromatic carbocycles. The van der Waals surface area contributed by atoms with Crippen molar-refractivity contribution in [3.05, 3.63) is 63.1 Å². The van der Waals surface area contributed by atoms with Crippen molar-refractivity contribution in [2.75, 3.05) is 0 Å². The maximum Gasteiger partial charge on any atom is 0.339 e. The van der Waals surface area contributed by atoms with Crippen molar-refractivity contribution in [2.45, 2.75) is 6.42 Å². The highest BCUT2D eigenvalue weighted by Crippen LogP contribution is 2.23. The Bertz CT molecular complexity index is 683. The van der Waals surface area contributed by atoms with Gasteiger partial charge < -0.3 is 9.84 Å². The number of benzene rings is 2. The van der Waals surface area contributed by atoms with Gasteiger partial charge in [0.2, 0.25) is 0 Å². The van der Waals surface area contributed by atoms with E-state index in [2.05, 4.69) is 15.9 Å². The van der Waals surface area contributed by atoms with Gasteiger partial charge in [0.05, 0.1) is 6.42 Å². The molecular formula is C15H10BrClO4. The zero-order valence-corrected chi connectivity index (χ0v) is 13.0. The van der Waals surface area contributed by atoms with Crippen LogP contribution in [0.1, 0.15) is 15.9 Å². The first-order valence-electron chi connectivity index (χ1n) is 5.93. The van der Waals surface area contributed by atoms with Crippen LogP contribution in [0.15, 0.2) is 46.9 Å². The molecule has 0 spiro atoms. The third-order valence-corrected chi connectivity index (χ3v) is 3.40. The molecule has 0 atom stereocenters. The molecule has 0 saturated carbocycles. The molecule has 0 unspecified atom stereocenters. The first-order valence-corrected chi connectivity index (χ1v) is 7.11. The SMILES string of the molecule is O=C(Cc1ccc(Cl)cc1)Oc1ccc(Br)cc1C(=O)O. The molecule has 0 saturated heterocycles. The molecule has 0 heterocycles. The zero-order valence-electron chi connectivity index (χ0n) is 10.7. The molecule has 108 valence electrons. The Morgan fingerprint density at radius 1 is 1.14 bits per heavy atom. The number of esters is 1. The van der Waals surface area contributed by atoms with Gasteiger partial charge in [-0.1, -0.05) is 39.7 Å². The van der Waals surface area contributed by atoms with E-state index in [0.29, 0.717) is 9.50 Å². The van der Waals surface area contributed by atoms with Crippen molar-refractivity contribution in [2.24, 2.45) is 0 Å². The molecule has 21 heavy (non-hydrogen) atoms. The molecule has 0 aliphatic carbocycles. The number of hydrogen-bond donors (Lipinski definition) is 1. The quantitative estimate of drug-likeness (QED) is 0.655. The summed E-state index contributed by atoms with van der Waals surface area (Å²) in [6, 6.07) is 11.2. The number of aromatic carboxylic acids is 1. The van der Waals surface area contributed by atoms with Crippen LogP contribution >= 0.6 is 27.5 Å². The monoisotopic (exact) mass is 368 g/mol. The van der Waals surface area contributed by atoms with Crippen LogP contribution in [0.3, 0.4) is 0 Å². The summed E-state index contributed by atoms with van der Waals surface area (Å²) in [5.74, 6) is -1.68. The fourth-order valence-electron chi connectivity index (χ4n) is 1.69. The first kappa shape index (κ1) is 15.5. The Labute approximate surface area is 134 Å². The van der Waals surface area contributed by atoms with Crippen molar-refractivity contribution in [1.29, 1.82) is 0 Å². The van der Waals surface area contributed by atoms with Gasteiger partial charge in [0.25, 0.3) is 0 Å². The van der Waals surface area contributed by atoms with Crippen LogP contribution in [0.5, 0.6) is 5.75 Å². The van der Waals surface area contributed by atoms with E-state index in [1.54, 1.807) is 30.3 Å². The second kappa shape index (κ2) is 6.74. The number of carboxylic acid groups (broad SMARTS) is 1. The smallest absolute Gasteiger partial charge is 0.339 e. The lowest BCUT2D eigenvalue weighted by molar-refractivity contribution is -0.133. The predicted octanol–water partition coefficient (Wildman–Crippen LogP) is 3.95. The normalized spacial score (nSPS) is 10.2. The van der Waals surface area contributed by atoms with E-state index >= 15 is 0 Å². The maximum absolute atomic E-state index is 11.9. The van der Waals surface area contributed by atoms with E-state index in [0.717, 1.165) is 5.56 Å². The number of carbonyl (C=O) groups is 2. The molecule has 0 aliphatic rings. The molecule has 0 aliphatic heterocycles. The molecular weight excluding hydrogens is 360 g/mol. The van der Waals surface area contributed by atoms with Gasteiger partial charge in [0.1, 0.15) is 11.3 Å². The van der Waals surface area contributed by atoms with E-state index < -0.39 is 11.9 Å². The van der Waals surface area contributed by atoms with Gasteiger partial charge in [-0.25, -0.2) is 4.79 Å². The van der Waals surface area contributed by atoms with E-state index in [1.807, 2.05) is 0 Å². The molecule has 0 fully saturated rings. The van der Waals surface area contributed by atoms with Gasteiger partial charge in [-0.15, -0.1) is 0 Å². The average Bonchev–Trinajstić information content (AvgIpc) is 2.43. The van der Waals surface area contributed by atoms with Crippen LogP contribution in [-0.2, 0) is 11.2 Å². The number of halogens is 2. The molecule has 4 nitrogen and oxygen atoms in total. The van der Waals surface area contributed by atoms with E-state index in [9.17, 15) is 9.59 Å². The van der Waals surface area contributed by atoms with Gasteiger partial charge in [-0.05, 0) is 35.9 Å². The number of ether oxygens (including phenoxy) is 1. The third kappa shape index (κ3) is 4.31. The minimum Gasteiger partial charge on any atom is -0.478 e. The van der Waals surface area contributed by atoms with Crippen molar-refractivity contribution in [3.8, 4) is 5.75 Å².